The lowest BCUT2D eigenvalue weighted by Crippen LogP contribution is -2.10. The van der Waals surface area contributed by atoms with Crippen LogP contribution < -0.4 is 0 Å². The Morgan fingerprint density at radius 1 is 0.864 bits per heavy atom. The standard InChI is InChI=1S/C20H19NO/c22-15-13-19(18-10-5-2-6-11-18)20-12-7-14-21(20)16-17-8-3-1-4-9-17/h1-12,14-15,19H,13,16H2/t19-/m0/s1. The molecule has 110 valence electrons. The van der Waals surface area contributed by atoms with Crippen molar-refractivity contribution < 1.29 is 4.79 Å². The first-order valence-electron chi connectivity index (χ1n) is 7.56. The number of benzene rings is 2. The van der Waals surface area contributed by atoms with Crippen LogP contribution in [0.2, 0.25) is 0 Å². The quantitative estimate of drug-likeness (QED) is 0.622. The summed E-state index contributed by atoms with van der Waals surface area (Å²) in [5.74, 6) is 0.109. The zero-order valence-corrected chi connectivity index (χ0v) is 12.4. The SMILES string of the molecule is O=CC[C@@H](c1ccccc1)c1cccn1Cc1ccccc1. The Kier molecular flexibility index (Phi) is 4.50. The van der Waals surface area contributed by atoms with E-state index in [4.69, 9.17) is 0 Å². The Morgan fingerprint density at radius 3 is 2.23 bits per heavy atom. The third kappa shape index (κ3) is 3.17. The van der Waals surface area contributed by atoms with Crippen LogP contribution >= 0.6 is 0 Å². The molecule has 0 saturated carbocycles. The van der Waals surface area contributed by atoms with Gasteiger partial charge in [0.05, 0.1) is 0 Å². The molecule has 0 amide bonds. The van der Waals surface area contributed by atoms with Gasteiger partial charge in [-0.1, -0.05) is 60.7 Å². The molecule has 0 radical (unpaired) electrons. The minimum atomic E-state index is 0.109. The Morgan fingerprint density at radius 2 is 1.55 bits per heavy atom. The van der Waals surface area contributed by atoms with Crippen molar-refractivity contribution in [3.8, 4) is 0 Å². The van der Waals surface area contributed by atoms with Crippen molar-refractivity contribution >= 4 is 6.29 Å². The van der Waals surface area contributed by atoms with Crippen molar-refractivity contribution in [2.45, 2.75) is 18.9 Å². The van der Waals surface area contributed by atoms with Gasteiger partial charge in [-0.25, -0.2) is 0 Å². The van der Waals surface area contributed by atoms with Gasteiger partial charge in [0.2, 0.25) is 0 Å². The first-order valence-corrected chi connectivity index (χ1v) is 7.56. The Hall–Kier alpha value is -2.61. The summed E-state index contributed by atoms with van der Waals surface area (Å²) in [6.45, 7) is 0.825. The molecule has 0 N–H and O–H groups in total. The van der Waals surface area contributed by atoms with Crippen molar-refractivity contribution in [1.82, 2.24) is 4.57 Å². The third-order valence-corrected chi connectivity index (χ3v) is 3.95. The molecule has 0 aliphatic rings. The van der Waals surface area contributed by atoms with Crippen LogP contribution in [-0.2, 0) is 11.3 Å². The van der Waals surface area contributed by atoms with Crippen molar-refractivity contribution in [2.24, 2.45) is 0 Å². The normalized spacial score (nSPS) is 12.0. The molecular formula is C20H19NO. The van der Waals surface area contributed by atoms with Crippen LogP contribution in [0.5, 0.6) is 0 Å². The topological polar surface area (TPSA) is 22.0 Å². The molecule has 1 heterocycles. The number of carbonyl (C=O) groups excluding carboxylic acids is 1. The highest BCUT2D eigenvalue weighted by Gasteiger charge is 2.17. The van der Waals surface area contributed by atoms with E-state index in [9.17, 15) is 4.79 Å². The maximum atomic E-state index is 11.1. The summed E-state index contributed by atoms with van der Waals surface area (Å²) in [6, 6.07) is 24.8. The van der Waals surface area contributed by atoms with Gasteiger partial charge in [0.25, 0.3) is 0 Å². The van der Waals surface area contributed by atoms with E-state index in [1.807, 2.05) is 24.3 Å². The average molecular weight is 289 g/mol. The van der Waals surface area contributed by atoms with Crippen molar-refractivity contribution in [2.75, 3.05) is 0 Å². The van der Waals surface area contributed by atoms with E-state index in [1.54, 1.807) is 0 Å². The first kappa shape index (κ1) is 14.3. The zero-order chi connectivity index (χ0) is 15.2. The van der Waals surface area contributed by atoms with Crippen molar-refractivity contribution in [3.05, 3.63) is 95.8 Å². The number of aldehydes is 1. The highest BCUT2D eigenvalue weighted by Crippen LogP contribution is 2.28. The van der Waals surface area contributed by atoms with Gasteiger partial charge in [-0.15, -0.1) is 0 Å². The molecule has 0 fully saturated rings. The van der Waals surface area contributed by atoms with E-state index in [1.165, 1.54) is 16.8 Å². The van der Waals surface area contributed by atoms with Crippen LogP contribution in [0, 0.1) is 0 Å². The fourth-order valence-corrected chi connectivity index (χ4v) is 2.88. The number of hydrogen-bond donors (Lipinski definition) is 0. The Bertz CT molecular complexity index is 716. The number of carbonyl (C=O) groups is 1. The minimum absolute atomic E-state index is 0.109. The summed E-state index contributed by atoms with van der Waals surface area (Å²) in [5, 5.41) is 0. The maximum absolute atomic E-state index is 11.1. The van der Waals surface area contributed by atoms with E-state index < -0.39 is 0 Å². The van der Waals surface area contributed by atoms with E-state index in [-0.39, 0.29) is 5.92 Å². The number of rotatable bonds is 6. The molecule has 0 unspecified atom stereocenters. The third-order valence-electron chi connectivity index (χ3n) is 3.95. The molecule has 0 spiro atoms. The summed E-state index contributed by atoms with van der Waals surface area (Å²) in [6.07, 6.45) is 3.60. The maximum Gasteiger partial charge on any atom is 0.120 e. The molecule has 2 aromatic carbocycles. The highest BCUT2D eigenvalue weighted by atomic mass is 16.1. The Balaban J connectivity index is 1.93. The second-order valence-corrected chi connectivity index (χ2v) is 5.41. The number of hydrogen-bond acceptors (Lipinski definition) is 1. The van der Waals surface area contributed by atoms with Crippen LogP contribution in [-0.4, -0.2) is 10.9 Å². The number of nitrogens with zero attached hydrogens (tertiary/aromatic N) is 1. The number of aromatic nitrogens is 1. The molecule has 0 bridgehead atoms. The second-order valence-electron chi connectivity index (χ2n) is 5.41. The molecule has 1 aromatic heterocycles. The Labute approximate surface area is 131 Å². The van der Waals surface area contributed by atoms with Crippen LogP contribution in [0.25, 0.3) is 0 Å². The minimum Gasteiger partial charge on any atom is -0.346 e. The fourth-order valence-electron chi connectivity index (χ4n) is 2.88. The lowest BCUT2D eigenvalue weighted by molar-refractivity contribution is -0.108. The van der Waals surface area contributed by atoms with Gasteiger partial charge < -0.3 is 9.36 Å². The average Bonchev–Trinajstić information content (AvgIpc) is 3.02. The fraction of sp³-hybridized carbons (Fsp3) is 0.150. The molecule has 2 heteroatoms. The smallest absolute Gasteiger partial charge is 0.120 e. The zero-order valence-electron chi connectivity index (χ0n) is 12.4. The molecule has 0 aliphatic heterocycles. The molecule has 1 atom stereocenters. The van der Waals surface area contributed by atoms with Crippen molar-refractivity contribution in [1.29, 1.82) is 0 Å². The predicted octanol–water partition coefficient (Wildman–Crippen LogP) is 4.26. The van der Waals surface area contributed by atoms with Crippen LogP contribution in [0.15, 0.2) is 79.0 Å². The van der Waals surface area contributed by atoms with E-state index in [0.717, 1.165) is 12.8 Å². The van der Waals surface area contributed by atoms with E-state index in [2.05, 4.69) is 59.3 Å². The summed E-state index contributed by atoms with van der Waals surface area (Å²) in [4.78, 5) is 11.1. The van der Waals surface area contributed by atoms with Gasteiger partial charge in [-0.05, 0) is 23.3 Å². The molecule has 3 rings (SSSR count). The first-order chi connectivity index (χ1) is 10.9. The predicted molar refractivity (Wildman–Crippen MR) is 88.9 cm³/mol. The molecule has 2 nitrogen and oxygen atoms in total. The molecule has 0 aliphatic carbocycles. The van der Waals surface area contributed by atoms with Gasteiger partial charge in [0.1, 0.15) is 6.29 Å². The van der Waals surface area contributed by atoms with Crippen LogP contribution in [0.4, 0.5) is 0 Å². The summed E-state index contributed by atoms with van der Waals surface area (Å²) >= 11 is 0. The van der Waals surface area contributed by atoms with Gasteiger partial charge >= 0.3 is 0 Å². The molecular weight excluding hydrogens is 270 g/mol. The summed E-state index contributed by atoms with van der Waals surface area (Å²) in [5.41, 5.74) is 3.63. The summed E-state index contributed by atoms with van der Waals surface area (Å²) < 4.78 is 2.23. The summed E-state index contributed by atoms with van der Waals surface area (Å²) in [7, 11) is 0. The van der Waals surface area contributed by atoms with Crippen LogP contribution in [0.1, 0.15) is 29.2 Å². The van der Waals surface area contributed by atoms with Gasteiger partial charge in [0.15, 0.2) is 0 Å². The lowest BCUT2D eigenvalue weighted by Gasteiger charge is -2.18. The van der Waals surface area contributed by atoms with E-state index >= 15 is 0 Å². The molecule has 22 heavy (non-hydrogen) atoms. The van der Waals surface area contributed by atoms with Gasteiger partial charge in [-0.2, -0.15) is 0 Å². The second kappa shape index (κ2) is 6.90. The van der Waals surface area contributed by atoms with E-state index in [0.29, 0.717) is 6.42 Å². The van der Waals surface area contributed by atoms with Gasteiger partial charge in [-0.3, -0.25) is 0 Å². The molecule has 3 aromatic rings. The highest BCUT2D eigenvalue weighted by molar-refractivity contribution is 5.53. The van der Waals surface area contributed by atoms with Gasteiger partial charge in [0, 0.05) is 30.8 Å². The monoisotopic (exact) mass is 289 g/mol. The largest absolute Gasteiger partial charge is 0.346 e. The molecule has 0 saturated heterocycles. The van der Waals surface area contributed by atoms with Crippen molar-refractivity contribution in [3.63, 3.8) is 0 Å². The lowest BCUT2D eigenvalue weighted by atomic mass is 9.93. The van der Waals surface area contributed by atoms with Crippen LogP contribution in [0.3, 0.4) is 0 Å².